The van der Waals surface area contributed by atoms with E-state index in [1.165, 1.54) is 16.3 Å². The summed E-state index contributed by atoms with van der Waals surface area (Å²) in [5.74, 6) is 0.0374. The van der Waals surface area contributed by atoms with Crippen molar-refractivity contribution in [2.24, 2.45) is 0 Å². The van der Waals surface area contributed by atoms with Crippen LogP contribution in [0.15, 0.2) is 23.1 Å². The minimum absolute atomic E-state index is 0.0187. The van der Waals surface area contributed by atoms with Crippen molar-refractivity contribution >= 4 is 11.8 Å². The van der Waals surface area contributed by atoms with E-state index < -0.39 is 11.2 Å². The summed E-state index contributed by atoms with van der Waals surface area (Å²) < 4.78 is 7.57. The zero-order chi connectivity index (χ0) is 17.3. The van der Waals surface area contributed by atoms with Crippen molar-refractivity contribution in [3.8, 4) is 23.5 Å². The summed E-state index contributed by atoms with van der Waals surface area (Å²) in [5.41, 5.74) is 1.45. The second kappa shape index (κ2) is 4.71. The van der Waals surface area contributed by atoms with Crippen molar-refractivity contribution in [2.45, 2.75) is 42.8 Å². The van der Waals surface area contributed by atoms with Crippen LogP contribution in [0.1, 0.15) is 43.4 Å². The predicted octanol–water partition coefficient (Wildman–Crippen LogP) is 3.74. The van der Waals surface area contributed by atoms with Gasteiger partial charge >= 0.3 is 0 Å². The van der Waals surface area contributed by atoms with Crippen LogP contribution < -0.4 is 0 Å². The van der Waals surface area contributed by atoms with Crippen molar-refractivity contribution in [3.05, 3.63) is 34.9 Å². The molecule has 2 unspecified atom stereocenters. The number of rotatable bonds is 2. The Morgan fingerprint density at radius 2 is 1.75 bits per heavy atom. The van der Waals surface area contributed by atoms with Gasteiger partial charge in [0.2, 0.25) is 11.8 Å². The molecule has 2 bridgehead atoms. The lowest BCUT2D eigenvalue weighted by atomic mass is 9.80. The van der Waals surface area contributed by atoms with Gasteiger partial charge in [-0.1, -0.05) is 0 Å². The summed E-state index contributed by atoms with van der Waals surface area (Å²) in [6.45, 7) is 3.92. The van der Waals surface area contributed by atoms with Crippen LogP contribution in [0, 0.1) is 11.3 Å². The average Bonchev–Trinajstić information content (AvgIpc) is 3.11. The minimum atomic E-state index is -0.564. The molecule has 0 saturated carbocycles. The van der Waals surface area contributed by atoms with Gasteiger partial charge in [0.25, 0.3) is 0 Å². The lowest BCUT2D eigenvalue weighted by Crippen LogP contribution is -2.17. The molecule has 2 N–H and O–H groups in total. The van der Waals surface area contributed by atoms with E-state index >= 15 is 0 Å². The molecule has 124 valence electrons. The highest BCUT2D eigenvalue weighted by Gasteiger charge is 2.59. The monoisotopic (exact) mass is 342 g/mol. The first kappa shape index (κ1) is 15.4. The predicted molar refractivity (Wildman–Crippen MR) is 90.6 cm³/mol. The Balaban J connectivity index is 1.96. The number of benzene rings is 1. The molecule has 2 aromatic rings. The number of thioether (sulfide) groups is 1. The first-order valence-corrected chi connectivity index (χ1v) is 9.03. The highest BCUT2D eigenvalue weighted by atomic mass is 32.2. The maximum absolute atomic E-state index is 10.8. The second-order valence-electron chi connectivity index (χ2n) is 6.79. The fourth-order valence-corrected chi connectivity index (χ4v) is 4.71. The topological polar surface area (TPSA) is 78.4 Å². The van der Waals surface area contributed by atoms with Crippen LogP contribution >= 0.6 is 11.8 Å². The molecule has 3 heterocycles. The van der Waals surface area contributed by atoms with Crippen LogP contribution in [-0.4, -0.2) is 21.0 Å². The van der Waals surface area contributed by atoms with Gasteiger partial charge in [0.1, 0.15) is 6.07 Å². The van der Waals surface area contributed by atoms with Crippen molar-refractivity contribution in [1.29, 1.82) is 5.26 Å². The SMILES string of the molecule is CSc1cc(-n2c(O)c3c(c2O)C2(C)CCC3(C)O2)ccc1C#N. The number of nitriles is 1. The molecule has 2 aliphatic rings. The standard InChI is InChI=1S/C18H18N2O3S/c1-17-6-7-18(2,23-17)14-13(17)15(21)20(16(14)22)11-5-4-10(9-19)12(8-11)24-3/h4-5,8,21-22H,6-7H2,1-3H3. The molecule has 1 aromatic carbocycles. The number of hydrogen-bond donors (Lipinski definition) is 2. The van der Waals surface area contributed by atoms with Crippen molar-refractivity contribution < 1.29 is 14.9 Å². The fourth-order valence-electron chi connectivity index (χ4n) is 4.13. The van der Waals surface area contributed by atoms with Gasteiger partial charge in [0.05, 0.1) is 33.6 Å². The van der Waals surface area contributed by atoms with Gasteiger partial charge in [-0.25, -0.2) is 0 Å². The molecular formula is C18H18N2O3S. The maximum Gasteiger partial charge on any atom is 0.205 e. The highest BCUT2D eigenvalue weighted by Crippen LogP contribution is 2.64. The van der Waals surface area contributed by atoms with Crippen LogP contribution in [0.3, 0.4) is 0 Å². The fraction of sp³-hybridized carbons (Fsp3) is 0.389. The van der Waals surface area contributed by atoms with E-state index in [1.54, 1.807) is 12.1 Å². The molecule has 5 nitrogen and oxygen atoms in total. The van der Waals surface area contributed by atoms with Crippen molar-refractivity contribution in [3.63, 3.8) is 0 Å². The summed E-state index contributed by atoms with van der Waals surface area (Å²) in [6, 6.07) is 7.41. The molecule has 2 atom stereocenters. The molecule has 1 aromatic heterocycles. The third-order valence-electron chi connectivity index (χ3n) is 5.27. The van der Waals surface area contributed by atoms with E-state index in [1.807, 2.05) is 26.2 Å². The van der Waals surface area contributed by atoms with Crippen molar-refractivity contribution in [1.82, 2.24) is 4.57 Å². The smallest absolute Gasteiger partial charge is 0.205 e. The van der Waals surface area contributed by atoms with Crippen LogP contribution in [0.2, 0.25) is 0 Å². The van der Waals surface area contributed by atoms with E-state index in [0.29, 0.717) is 22.4 Å². The molecule has 2 aliphatic heterocycles. The zero-order valence-corrected chi connectivity index (χ0v) is 14.6. The summed E-state index contributed by atoms with van der Waals surface area (Å²) in [6.07, 6.45) is 3.53. The Morgan fingerprint density at radius 3 is 2.25 bits per heavy atom. The third kappa shape index (κ3) is 1.74. The summed E-state index contributed by atoms with van der Waals surface area (Å²) >= 11 is 1.46. The molecule has 24 heavy (non-hydrogen) atoms. The van der Waals surface area contributed by atoms with Crippen LogP contribution in [0.5, 0.6) is 11.8 Å². The summed E-state index contributed by atoms with van der Waals surface area (Å²) in [4.78, 5) is 0.805. The molecule has 0 amide bonds. The molecule has 6 heteroatoms. The van der Waals surface area contributed by atoms with Crippen LogP contribution in [0.4, 0.5) is 0 Å². The summed E-state index contributed by atoms with van der Waals surface area (Å²) in [5, 5.41) is 30.8. The molecule has 1 saturated heterocycles. The van der Waals surface area contributed by atoms with Gasteiger partial charge in [-0.2, -0.15) is 5.26 Å². The third-order valence-corrected chi connectivity index (χ3v) is 6.05. The van der Waals surface area contributed by atoms with Gasteiger partial charge < -0.3 is 14.9 Å². The van der Waals surface area contributed by atoms with Gasteiger partial charge in [-0.05, 0) is 51.1 Å². The molecule has 0 spiro atoms. The van der Waals surface area contributed by atoms with E-state index in [0.717, 1.165) is 17.7 Å². The molecule has 1 fully saturated rings. The Kier molecular flexibility index (Phi) is 3.03. The lowest BCUT2D eigenvalue weighted by Gasteiger charge is -2.21. The quantitative estimate of drug-likeness (QED) is 0.813. The van der Waals surface area contributed by atoms with Gasteiger partial charge in [0, 0.05) is 4.90 Å². The lowest BCUT2D eigenvalue weighted by molar-refractivity contribution is -0.0683. The Labute approximate surface area is 144 Å². The molecule has 4 rings (SSSR count). The highest BCUT2D eigenvalue weighted by molar-refractivity contribution is 7.98. The van der Waals surface area contributed by atoms with E-state index in [9.17, 15) is 15.5 Å². The molecule has 0 radical (unpaired) electrons. The number of nitrogens with zero attached hydrogens (tertiary/aromatic N) is 2. The number of hydrogen-bond acceptors (Lipinski definition) is 5. The molecular weight excluding hydrogens is 324 g/mol. The van der Waals surface area contributed by atoms with Gasteiger partial charge in [-0.3, -0.25) is 4.57 Å². The van der Waals surface area contributed by atoms with E-state index in [-0.39, 0.29) is 11.8 Å². The number of fused-ring (bicyclic) bond motifs is 5. The summed E-state index contributed by atoms with van der Waals surface area (Å²) in [7, 11) is 0. The Hall–Kier alpha value is -2.10. The number of ether oxygens (including phenoxy) is 1. The maximum atomic E-state index is 10.8. The van der Waals surface area contributed by atoms with E-state index in [2.05, 4.69) is 6.07 Å². The minimum Gasteiger partial charge on any atom is -0.494 e. The average molecular weight is 342 g/mol. The number of aromatic hydroxyl groups is 2. The Morgan fingerprint density at radius 1 is 1.17 bits per heavy atom. The first-order chi connectivity index (χ1) is 11.3. The number of aromatic nitrogens is 1. The van der Waals surface area contributed by atoms with Crippen LogP contribution in [0.25, 0.3) is 5.69 Å². The van der Waals surface area contributed by atoms with Crippen molar-refractivity contribution in [2.75, 3.05) is 6.26 Å². The zero-order valence-electron chi connectivity index (χ0n) is 13.8. The van der Waals surface area contributed by atoms with Crippen LogP contribution in [-0.2, 0) is 15.9 Å². The van der Waals surface area contributed by atoms with Gasteiger partial charge in [0.15, 0.2) is 0 Å². The normalized spacial score (nSPS) is 27.2. The molecule has 0 aliphatic carbocycles. The Bertz CT molecular complexity index is 874. The largest absolute Gasteiger partial charge is 0.494 e. The first-order valence-electron chi connectivity index (χ1n) is 7.81. The van der Waals surface area contributed by atoms with E-state index in [4.69, 9.17) is 4.74 Å². The second-order valence-corrected chi connectivity index (χ2v) is 7.64. The van der Waals surface area contributed by atoms with Gasteiger partial charge in [-0.15, -0.1) is 11.8 Å².